The molecule has 0 radical (unpaired) electrons. The molecule has 0 aromatic heterocycles. The van der Waals surface area contributed by atoms with E-state index in [0.29, 0.717) is 12.7 Å². The smallest absolute Gasteiger partial charge is 0.124 e. The first-order valence-electron chi connectivity index (χ1n) is 8.18. The van der Waals surface area contributed by atoms with Crippen LogP contribution in [-0.4, -0.2) is 25.9 Å². The van der Waals surface area contributed by atoms with Crippen LogP contribution < -0.4 is 10.1 Å². The van der Waals surface area contributed by atoms with E-state index in [-0.39, 0.29) is 0 Å². The van der Waals surface area contributed by atoms with Crippen LogP contribution in [0.15, 0.2) is 36.4 Å². The number of hydrogen-bond donors (Lipinski definition) is 1. The second-order valence-electron chi connectivity index (χ2n) is 5.65. The lowest BCUT2D eigenvalue weighted by Crippen LogP contribution is -2.18. The van der Waals surface area contributed by atoms with Gasteiger partial charge in [-0.05, 0) is 50.6 Å². The summed E-state index contributed by atoms with van der Waals surface area (Å²) in [6.45, 7) is 9.41. The molecule has 0 saturated heterocycles. The maximum Gasteiger partial charge on any atom is 0.124 e. The first-order valence-corrected chi connectivity index (χ1v) is 8.18. The van der Waals surface area contributed by atoms with Gasteiger partial charge in [-0.1, -0.05) is 30.3 Å². The number of ether oxygens (including phenoxy) is 2. The van der Waals surface area contributed by atoms with E-state index in [0.717, 1.165) is 31.9 Å². The van der Waals surface area contributed by atoms with E-state index in [2.05, 4.69) is 55.6 Å². The molecule has 22 heavy (non-hydrogen) atoms. The minimum absolute atomic E-state index is 0.308. The summed E-state index contributed by atoms with van der Waals surface area (Å²) >= 11 is 0. The van der Waals surface area contributed by atoms with Gasteiger partial charge in [-0.15, -0.1) is 0 Å². The van der Waals surface area contributed by atoms with Gasteiger partial charge in [0, 0.05) is 18.7 Å². The molecular weight excluding hydrogens is 274 g/mol. The highest BCUT2D eigenvalue weighted by Crippen LogP contribution is 2.28. The van der Waals surface area contributed by atoms with Crippen LogP contribution in [0.1, 0.15) is 32.8 Å². The zero-order valence-electron chi connectivity index (χ0n) is 13.9. The van der Waals surface area contributed by atoms with Crippen molar-refractivity contribution in [1.82, 2.24) is 5.32 Å². The maximum absolute atomic E-state index is 5.79. The third kappa shape index (κ3) is 4.72. The Morgan fingerprint density at radius 3 is 2.68 bits per heavy atom. The lowest BCUT2D eigenvalue weighted by Gasteiger charge is -2.14. The molecule has 120 valence electrons. The molecular formula is C19H27NO2. The van der Waals surface area contributed by atoms with Gasteiger partial charge in [0.15, 0.2) is 0 Å². The number of benzene rings is 2. The summed E-state index contributed by atoms with van der Waals surface area (Å²) in [6.07, 6.45) is 1.33. The number of hydrogen-bond acceptors (Lipinski definition) is 3. The molecule has 2 aromatic carbocycles. The highest BCUT2D eigenvalue weighted by Gasteiger charge is 2.08. The maximum atomic E-state index is 5.79. The largest absolute Gasteiger partial charge is 0.494 e. The molecule has 2 aromatic rings. The molecule has 3 nitrogen and oxygen atoms in total. The van der Waals surface area contributed by atoms with Crippen LogP contribution in [-0.2, 0) is 11.3 Å². The molecule has 0 unspecified atom stereocenters. The van der Waals surface area contributed by atoms with E-state index in [1.165, 1.54) is 16.3 Å². The van der Waals surface area contributed by atoms with Crippen LogP contribution >= 0.6 is 0 Å². The predicted molar refractivity (Wildman–Crippen MR) is 92.5 cm³/mol. The molecule has 0 aliphatic heterocycles. The van der Waals surface area contributed by atoms with Crippen molar-refractivity contribution in [3.8, 4) is 5.75 Å². The van der Waals surface area contributed by atoms with E-state index in [1.807, 2.05) is 6.92 Å². The molecule has 0 heterocycles. The average Bonchev–Trinajstić information content (AvgIpc) is 2.52. The normalized spacial score (nSPS) is 11.3. The molecule has 2 rings (SSSR count). The van der Waals surface area contributed by atoms with Gasteiger partial charge < -0.3 is 14.8 Å². The highest BCUT2D eigenvalue weighted by molar-refractivity contribution is 5.87. The average molecular weight is 301 g/mol. The zero-order valence-corrected chi connectivity index (χ0v) is 13.9. The second kappa shape index (κ2) is 8.76. The monoisotopic (exact) mass is 301 g/mol. The summed E-state index contributed by atoms with van der Waals surface area (Å²) in [4.78, 5) is 0. The van der Waals surface area contributed by atoms with Gasteiger partial charge in [0.25, 0.3) is 0 Å². The van der Waals surface area contributed by atoms with Crippen molar-refractivity contribution >= 4 is 10.8 Å². The fraction of sp³-hybridized carbons (Fsp3) is 0.474. The zero-order chi connectivity index (χ0) is 15.8. The summed E-state index contributed by atoms with van der Waals surface area (Å²) < 4.78 is 11.4. The van der Waals surface area contributed by atoms with Gasteiger partial charge in [0.1, 0.15) is 5.75 Å². The Hall–Kier alpha value is -1.58. The van der Waals surface area contributed by atoms with Crippen molar-refractivity contribution in [2.45, 2.75) is 39.8 Å². The standard InChI is InChI=1S/C19H27NO2/c1-4-21-19-11-10-16-8-5-6-9-17(16)18(19)14-20-12-7-13-22-15(2)3/h5-6,8-11,15,20H,4,7,12-14H2,1-3H3. The molecule has 0 spiro atoms. The summed E-state index contributed by atoms with van der Waals surface area (Å²) in [7, 11) is 0. The third-order valence-corrected chi connectivity index (χ3v) is 3.55. The van der Waals surface area contributed by atoms with Crippen LogP contribution in [0, 0.1) is 0 Å². The van der Waals surface area contributed by atoms with Gasteiger partial charge in [-0.2, -0.15) is 0 Å². The summed E-state index contributed by atoms with van der Waals surface area (Å²) in [5.41, 5.74) is 1.24. The Bertz CT molecular complexity index is 581. The Labute approximate surface area is 133 Å². The second-order valence-corrected chi connectivity index (χ2v) is 5.65. The van der Waals surface area contributed by atoms with Crippen molar-refractivity contribution in [2.75, 3.05) is 19.8 Å². The number of fused-ring (bicyclic) bond motifs is 1. The summed E-state index contributed by atoms with van der Waals surface area (Å²) in [5.74, 6) is 0.979. The van der Waals surface area contributed by atoms with E-state index < -0.39 is 0 Å². The van der Waals surface area contributed by atoms with Gasteiger partial charge >= 0.3 is 0 Å². The van der Waals surface area contributed by atoms with E-state index in [1.54, 1.807) is 0 Å². The van der Waals surface area contributed by atoms with Gasteiger partial charge in [-0.3, -0.25) is 0 Å². The fourth-order valence-corrected chi connectivity index (χ4v) is 2.52. The molecule has 0 bridgehead atoms. The molecule has 0 aliphatic rings. The summed E-state index contributed by atoms with van der Waals surface area (Å²) in [5, 5.41) is 6.03. The lowest BCUT2D eigenvalue weighted by molar-refractivity contribution is 0.0770. The van der Waals surface area contributed by atoms with Gasteiger partial charge in [0.2, 0.25) is 0 Å². The van der Waals surface area contributed by atoms with E-state index >= 15 is 0 Å². The lowest BCUT2D eigenvalue weighted by atomic mass is 10.0. The molecule has 0 saturated carbocycles. The molecule has 3 heteroatoms. The molecule has 0 aliphatic carbocycles. The third-order valence-electron chi connectivity index (χ3n) is 3.55. The molecule has 0 fully saturated rings. The number of nitrogens with one attached hydrogen (secondary N) is 1. The minimum Gasteiger partial charge on any atom is -0.494 e. The quantitative estimate of drug-likeness (QED) is 0.706. The SMILES string of the molecule is CCOc1ccc2ccccc2c1CNCCCOC(C)C. The Kier molecular flexibility index (Phi) is 6.69. The van der Waals surface area contributed by atoms with Crippen molar-refractivity contribution in [3.05, 3.63) is 42.0 Å². The van der Waals surface area contributed by atoms with Crippen LogP contribution in [0.25, 0.3) is 10.8 Å². The minimum atomic E-state index is 0.308. The van der Waals surface area contributed by atoms with Crippen LogP contribution in [0.4, 0.5) is 0 Å². The van der Waals surface area contributed by atoms with Crippen molar-refractivity contribution in [3.63, 3.8) is 0 Å². The molecule has 1 N–H and O–H groups in total. The van der Waals surface area contributed by atoms with Crippen LogP contribution in [0.3, 0.4) is 0 Å². The summed E-state index contributed by atoms with van der Waals surface area (Å²) in [6, 6.07) is 12.7. The number of rotatable bonds is 9. The Morgan fingerprint density at radius 2 is 1.91 bits per heavy atom. The first kappa shape index (κ1) is 16.8. The Morgan fingerprint density at radius 1 is 1.09 bits per heavy atom. The van der Waals surface area contributed by atoms with Gasteiger partial charge in [0.05, 0.1) is 12.7 Å². The highest BCUT2D eigenvalue weighted by atomic mass is 16.5. The van der Waals surface area contributed by atoms with Crippen molar-refractivity contribution in [1.29, 1.82) is 0 Å². The van der Waals surface area contributed by atoms with Crippen LogP contribution in [0.2, 0.25) is 0 Å². The predicted octanol–water partition coefficient (Wildman–Crippen LogP) is 4.14. The van der Waals surface area contributed by atoms with Gasteiger partial charge in [-0.25, -0.2) is 0 Å². The van der Waals surface area contributed by atoms with Crippen molar-refractivity contribution < 1.29 is 9.47 Å². The van der Waals surface area contributed by atoms with Crippen LogP contribution in [0.5, 0.6) is 5.75 Å². The molecule has 0 atom stereocenters. The van der Waals surface area contributed by atoms with Crippen molar-refractivity contribution in [2.24, 2.45) is 0 Å². The first-order chi connectivity index (χ1) is 10.7. The van der Waals surface area contributed by atoms with E-state index in [4.69, 9.17) is 9.47 Å². The molecule has 0 amide bonds. The fourth-order valence-electron chi connectivity index (χ4n) is 2.52. The topological polar surface area (TPSA) is 30.5 Å². The Balaban J connectivity index is 2.00. The van der Waals surface area contributed by atoms with E-state index in [9.17, 15) is 0 Å².